The molecule has 0 radical (unpaired) electrons. The van der Waals surface area contributed by atoms with E-state index in [1.165, 1.54) is 11.1 Å². The lowest BCUT2D eigenvalue weighted by Gasteiger charge is -2.37. The molecule has 21 heavy (non-hydrogen) atoms. The van der Waals surface area contributed by atoms with Crippen LogP contribution in [0, 0.1) is 5.92 Å². The highest BCUT2D eigenvalue weighted by atomic mass is 79.9. The van der Waals surface area contributed by atoms with Gasteiger partial charge >= 0.3 is 0 Å². The fraction of sp³-hybridized carbons (Fsp3) is 0.529. The van der Waals surface area contributed by atoms with Crippen molar-refractivity contribution in [3.63, 3.8) is 0 Å². The predicted molar refractivity (Wildman–Crippen MR) is 84.9 cm³/mol. The zero-order chi connectivity index (χ0) is 14.7. The molecule has 2 fully saturated rings. The van der Waals surface area contributed by atoms with Crippen LogP contribution in [0.1, 0.15) is 24.8 Å². The molecule has 0 N–H and O–H groups in total. The first-order valence-electron chi connectivity index (χ1n) is 7.45. The van der Waals surface area contributed by atoms with Crippen LogP contribution in [0.4, 0.5) is 0 Å². The van der Waals surface area contributed by atoms with Gasteiger partial charge in [0.2, 0.25) is 0 Å². The Morgan fingerprint density at radius 3 is 2.67 bits per heavy atom. The largest absolute Gasteiger partial charge is 0.504 e. The highest BCUT2D eigenvalue weighted by molar-refractivity contribution is 9.10. The lowest BCUT2D eigenvalue weighted by molar-refractivity contribution is -0.179. The van der Waals surface area contributed by atoms with Gasteiger partial charge in [-0.05, 0) is 42.0 Å². The Morgan fingerprint density at radius 1 is 1.29 bits per heavy atom. The number of rotatable bonds is 3. The summed E-state index contributed by atoms with van der Waals surface area (Å²) in [4.78, 5) is 0. The summed E-state index contributed by atoms with van der Waals surface area (Å²) >= 11 is 3.48. The molecule has 1 aliphatic heterocycles. The number of allylic oxidation sites excluding steroid dienone is 1. The summed E-state index contributed by atoms with van der Waals surface area (Å²) in [7, 11) is 1.72. The van der Waals surface area contributed by atoms with Crippen molar-refractivity contribution in [3.05, 3.63) is 46.1 Å². The zero-order valence-corrected chi connectivity index (χ0v) is 13.9. The van der Waals surface area contributed by atoms with Crippen molar-refractivity contribution >= 4 is 15.9 Å². The monoisotopic (exact) mass is 352 g/mol. The van der Waals surface area contributed by atoms with Crippen LogP contribution in [-0.2, 0) is 20.6 Å². The van der Waals surface area contributed by atoms with Gasteiger partial charge in [0.25, 0.3) is 0 Å². The van der Waals surface area contributed by atoms with Crippen molar-refractivity contribution in [2.45, 2.75) is 31.5 Å². The SMILES string of the molecule is COC=C1CCC2(CC1Cc1ccc(Br)cc1)OCCO2. The number of ether oxygens (including phenoxy) is 3. The molecule has 3 rings (SSSR count). The molecule has 1 spiro atoms. The van der Waals surface area contributed by atoms with E-state index in [9.17, 15) is 0 Å². The highest BCUT2D eigenvalue weighted by Gasteiger charge is 2.43. The van der Waals surface area contributed by atoms with Gasteiger partial charge in [0.15, 0.2) is 5.79 Å². The fourth-order valence-electron chi connectivity index (χ4n) is 3.32. The molecule has 114 valence electrons. The van der Waals surface area contributed by atoms with E-state index in [-0.39, 0.29) is 5.79 Å². The van der Waals surface area contributed by atoms with Crippen molar-refractivity contribution in [1.82, 2.24) is 0 Å². The Labute approximate surface area is 134 Å². The fourth-order valence-corrected chi connectivity index (χ4v) is 3.59. The van der Waals surface area contributed by atoms with E-state index in [0.29, 0.717) is 19.1 Å². The van der Waals surface area contributed by atoms with E-state index < -0.39 is 0 Å². The lowest BCUT2D eigenvalue weighted by atomic mass is 9.78. The van der Waals surface area contributed by atoms with Crippen LogP contribution in [0.25, 0.3) is 0 Å². The summed E-state index contributed by atoms with van der Waals surface area (Å²) in [6.07, 6.45) is 5.73. The van der Waals surface area contributed by atoms with Crippen LogP contribution in [-0.4, -0.2) is 26.1 Å². The molecule has 2 aliphatic rings. The van der Waals surface area contributed by atoms with E-state index in [4.69, 9.17) is 14.2 Å². The zero-order valence-electron chi connectivity index (χ0n) is 12.3. The van der Waals surface area contributed by atoms with E-state index in [2.05, 4.69) is 40.2 Å². The number of benzene rings is 1. The first-order valence-corrected chi connectivity index (χ1v) is 8.24. The summed E-state index contributed by atoms with van der Waals surface area (Å²) in [6, 6.07) is 8.53. The van der Waals surface area contributed by atoms with Gasteiger partial charge in [-0.15, -0.1) is 0 Å². The van der Waals surface area contributed by atoms with Crippen LogP contribution in [0.2, 0.25) is 0 Å². The Bertz CT molecular complexity index is 503. The third-order valence-electron chi connectivity index (χ3n) is 4.35. The summed E-state index contributed by atoms with van der Waals surface area (Å²) in [5.74, 6) is 0.0588. The van der Waals surface area contributed by atoms with Gasteiger partial charge in [0.05, 0.1) is 26.6 Å². The molecular formula is C17H21BrO3. The van der Waals surface area contributed by atoms with Crippen LogP contribution in [0.15, 0.2) is 40.6 Å². The highest BCUT2D eigenvalue weighted by Crippen LogP contribution is 2.42. The summed E-state index contributed by atoms with van der Waals surface area (Å²) < 4.78 is 18.2. The summed E-state index contributed by atoms with van der Waals surface area (Å²) in [5.41, 5.74) is 2.70. The second-order valence-corrected chi connectivity index (χ2v) is 6.68. The third kappa shape index (κ3) is 3.50. The number of hydrogen-bond donors (Lipinski definition) is 0. The van der Waals surface area contributed by atoms with Crippen molar-refractivity contribution < 1.29 is 14.2 Å². The van der Waals surface area contributed by atoms with Gasteiger partial charge in [-0.2, -0.15) is 0 Å². The molecular weight excluding hydrogens is 332 g/mol. The maximum Gasteiger partial charge on any atom is 0.169 e. The van der Waals surface area contributed by atoms with Crippen LogP contribution < -0.4 is 0 Å². The number of hydrogen-bond acceptors (Lipinski definition) is 3. The molecule has 1 aliphatic carbocycles. The number of methoxy groups -OCH3 is 1. The Morgan fingerprint density at radius 2 is 2.00 bits per heavy atom. The van der Waals surface area contributed by atoms with Crippen molar-refractivity contribution in [1.29, 1.82) is 0 Å². The minimum atomic E-state index is -0.356. The van der Waals surface area contributed by atoms with Crippen molar-refractivity contribution in [3.8, 4) is 0 Å². The molecule has 0 amide bonds. The molecule has 1 atom stereocenters. The van der Waals surface area contributed by atoms with Gasteiger partial charge in [0, 0.05) is 17.3 Å². The van der Waals surface area contributed by atoms with Crippen LogP contribution in [0.5, 0.6) is 0 Å². The molecule has 1 aromatic carbocycles. The van der Waals surface area contributed by atoms with E-state index in [0.717, 1.165) is 30.2 Å². The molecule has 0 bridgehead atoms. The van der Waals surface area contributed by atoms with E-state index in [1.807, 2.05) is 6.26 Å². The minimum absolute atomic E-state index is 0.356. The molecule has 3 nitrogen and oxygen atoms in total. The standard InChI is InChI=1S/C17H21BrO3/c1-19-12-14-6-7-17(20-8-9-21-17)11-15(14)10-13-2-4-16(18)5-3-13/h2-5,12,15H,6-11H2,1H3. The molecule has 0 aromatic heterocycles. The summed E-state index contributed by atoms with van der Waals surface area (Å²) in [5, 5.41) is 0. The first kappa shape index (κ1) is 15.1. The molecule has 4 heteroatoms. The Kier molecular flexibility index (Phi) is 4.67. The third-order valence-corrected chi connectivity index (χ3v) is 4.88. The summed E-state index contributed by atoms with van der Waals surface area (Å²) in [6.45, 7) is 1.43. The van der Waals surface area contributed by atoms with Crippen molar-refractivity contribution in [2.24, 2.45) is 5.92 Å². The Balaban J connectivity index is 1.77. The first-order chi connectivity index (χ1) is 10.2. The van der Waals surface area contributed by atoms with Gasteiger partial charge < -0.3 is 14.2 Å². The lowest BCUT2D eigenvalue weighted by Crippen LogP contribution is -2.38. The predicted octanol–water partition coefficient (Wildman–Crippen LogP) is 4.07. The molecule has 1 saturated carbocycles. The van der Waals surface area contributed by atoms with Gasteiger partial charge in [-0.1, -0.05) is 28.1 Å². The van der Waals surface area contributed by atoms with Gasteiger partial charge in [0.1, 0.15) is 0 Å². The molecule has 1 heterocycles. The quantitative estimate of drug-likeness (QED) is 0.767. The average Bonchev–Trinajstić information content (AvgIpc) is 2.93. The molecule has 1 aromatic rings. The van der Waals surface area contributed by atoms with Crippen LogP contribution in [0.3, 0.4) is 0 Å². The second-order valence-electron chi connectivity index (χ2n) is 5.77. The van der Waals surface area contributed by atoms with Crippen molar-refractivity contribution in [2.75, 3.05) is 20.3 Å². The van der Waals surface area contributed by atoms with Gasteiger partial charge in [-0.25, -0.2) is 0 Å². The van der Waals surface area contributed by atoms with E-state index in [1.54, 1.807) is 7.11 Å². The maximum atomic E-state index is 5.90. The topological polar surface area (TPSA) is 27.7 Å². The Hall–Kier alpha value is -0.840. The smallest absolute Gasteiger partial charge is 0.169 e. The van der Waals surface area contributed by atoms with Crippen LogP contribution >= 0.6 is 15.9 Å². The minimum Gasteiger partial charge on any atom is -0.504 e. The number of halogens is 1. The average molecular weight is 353 g/mol. The maximum absolute atomic E-state index is 5.90. The van der Waals surface area contributed by atoms with Gasteiger partial charge in [-0.3, -0.25) is 0 Å². The second kappa shape index (κ2) is 6.51. The van der Waals surface area contributed by atoms with E-state index >= 15 is 0 Å². The molecule has 1 saturated heterocycles. The normalized spacial score (nSPS) is 26.4. The molecule has 1 unspecified atom stereocenters.